The first kappa shape index (κ1) is 10.6. The minimum absolute atomic E-state index is 2.09. The van der Waals surface area contributed by atoms with Crippen molar-refractivity contribution in [2.45, 2.75) is 12.6 Å². The predicted molar refractivity (Wildman–Crippen MR) is 27.7 cm³/mol. The van der Waals surface area contributed by atoms with E-state index in [1.54, 1.807) is 0 Å². The number of hydrogen-bond donors (Lipinski definition) is 2. The third-order valence-electron chi connectivity index (χ3n) is 0.677. The van der Waals surface area contributed by atoms with Crippen LogP contribution < -0.4 is 0 Å². The van der Waals surface area contributed by atoms with Crippen molar-refractivity contribution in [3.05, 3.63) is 0 Å². The molecule has 0 aromatic rings. The highest BCUT2D eigenvalue weighted by Crippen LogP contribution is 2.40. The van der Waals surface area contributed by atoms with Crippen LogP contribution in [0.4, 0.5) is 13.2 Å². The Kier molecular flexibility index (Phi) is 2.82. The van der Waals surface area contributed by atoms with Crippen molar-refractivity contribution in [2.24, 2.45) is 0 Å². The van der Waals surface area contributed by atoms with Gasteiger partial charge in [-0.25, -0.2) is 0 Å². The number of alkyl halides is 3. The van der Waals surface area contributed by atoms with Gasteiger partial charge in [-0.05, 0) is 0 Å². The summed E-state index contributed by atoms with van der Waals surface area (Å²) in [7, 11) is -5.21. The van der Waals surface area contributed by atoms with E-state index in [0.717, 1.165) is 0 Å². The van der Waals surface area contributed by atoms with Gasteiger partial charge >= 0.3 is 13.8 Å². The number of rotatable bonds is 2. The van der Waals surface area contributed by atoms with Crippen molar-refractivity contribution >= 4 is 13.1 Å². The lowest BCUT2D eigenvalue weighted by Gasteiger charge is -2.05. The van der Waals surface area contributed by atoms with Crippen molar-refractivity contribution in [2.75, 3.05) is 0 Å². The molecule has 8 heteroatoms. The molecule has 4 nitrogen and oxygen atoms in total. The molecule has 0 saturated carbocycles. The molecule has 0 amide bonds. The third-order valence-corrected chi connectivity index (χ3v) is 1.48. The average molecular weight is 192 g/mol. The lowest BCUT2D eigenvalue weighted by atomic mass is 10.5. The summed E-state index contributed by atoms with van der Waals surface area (Å²) >= 11 is 0. The van der Waals surface area contributed by atoms with Gasteiger partial charge in [-0.15, -0.1) is 0 Å². The van der Waals surface area contributed by atoms with Gasteiger partial charge in [0.1, 0.15) is 6.42 Å². The second-order valence-electron chi connectivity index (χ2n) is 1.73. The van der Waals surface area contributed by atoms with Crippen molar-refractivity contribution in [3.63, 3.8) is 0 Å². The summed E-state index contributed by atoms with van der Waals surface area (Å²) in [6.45, 7) is 0. The average Bonchev–Trinajstić information content (AvgIpc) is 1.56. The lowest BCUT2D eigenvalue weighted by Crippen LogP contribution is -2.14. The SMILES string of the molecule is O=C(CC(F)(F)F)P(=O)(O)O. The molecule has 2 N–H and O–H groups in total. The first-order valence-corrected chi connectivity index (χ1v) is 3.90. The van der Waals surface area contributed by atoms with Crippen LogP contribution in [0.25, 0.3) is 0 Å². The van der Waals surface area contributed by atoms with E-state index in [4.69, 9.17) is 9.79 Å². The first-order chi connectivity index (χ1) is 4.63. The molecule has 0 rings (SSSR count). The topological polar surface area (TPSA) is 74.6 Å². The van der Waals surface area contributed by atoms with Gasteiger partial charge in [-0.2, -0.15) is 13.2 Å². The molecule has 0 heterocycles. The maximum atomic E-state index is 11.3. The molecule has 0 aliphatic heterocycles. The van der Waals surface area contributed by atoms with Gasteiger partial charge in [0.05, 0.1) is 0 Å². The van der Waals surface area contributed by atoms with Crippen LogP contribution in [-0.4, -0.2) is 21.5 Å². The van der Waals surface area contributed by atoms with E-state index >= 15 is 0 Å². The van der Waals surface area contributed by atoms with Crippen molar-refractivity contribution in [1.29, 1.82) is 0 Å². The van der Waals surface area contributed by atoms with Gasteiger partial charge < -0.3 is 9.79 Å². The van der Waals surface area contributed by atoms with Crippen molar-refractivity contribution < 1.29 is 32.3 Å². The van der Waals surface area contributed by atoms with E-state index in [1.165, 1.54) is 0 Å². The molecule has 0 bridgehead atoms. The van der Waals surface area contributed by atoms with Crippen LogP contribution in [0.2, 0.25) is 0 Å². The smallest absolute Gasteiger partial charge is 0.319 e. The fraction of sp³-hybridized carbons (Fsp3) is 0.667. The summed E-state index contributed by atoms with van der Waals surface area (Å²) in [5.74, 6) is 0. The zero-order valence-corrected chi connectivity index (χ0v) is 5.89. The van der Waals surface area contributed by atoms with E-state index < -0.39 is 25.7 Å². The Morgan fingerprint density at radius 3 is 1.82 bits per heavy atom. The Morgan fingerprint density at radius 1 is 1.36 bits per heavy atom. The summed E-state index contributed by atoms with van der Waals surface area (Å²) in [5.41, 5.74) is -2.11. The van der Waals surface area contributed by atoms with E-state index in [2.05, 4.69) is 0 Å². The molecule has 66 valence electrons. The highest BCUT2D eigenvalue weighted by Gasteiger charge is 2.38. The monoisotopic (exact) mass is 192 g/mol. The Hall–Kier alpha value is -0.390. The largest absolute Gasteiger partial charge is 0.396 e. The molecule has 0 aromatic heterocycles. The van der Waals surface area contributed by atoms with Crippen LogP contribution in [0.3, 0.4) is 0 Å². The van der Waals surface area contributed by atoms with Crippen LogP contribution in [0, 0.1) is 0 Å². The van der Waals surface area contributed by atoms with Crippen LogP contribution in [0.15, 0.2) is 0 Å². The molecule has 0 saturated heterocycles. The van der Waals surface area contributed by atoms with Gasteiger partial charge in [-0.3, -0.25) is 9.36 Å². The zero-order chi connectivity index (χ0) is 9.28. The number of carbonyl (C=O) groups excluding carboxylic acids is 1. The minimum Gasteiger partial charge on any atom is -0.319 e. The summed E-state index contributed by atoms with van der Waals surface area (Å²) in [6.07, 6.45) is -6.95. The summed E-state index contributed by atoms with van der Waals surface area (Å²) in [6, 6.07) is 0. The number of hydrogen-bond acceptors (Lipinski definition) is 2. The first-order valence-electron chi connectivity index (χ1n) is 2.28. The van der Waals surface area contributed by atoms with Gasteiger partial charge in [0, 0.05) is 0 Å². The Morgan fingerprint density at radius 2 is 1.73 bits per heavy atom. The molecule has 0 atom stereocenters. The summed E-state index contributed by atoms with van der Waals surface area (Å²) in [4.78, 5) is 25.8. The molecule has 0 aliphatic rings. The second kappa shape index (κ2) is 2.92. The second-order valence-corrected chi connectivity index (χ2v) is 3.32. The Labute approximate surface area is 59.2 Å². The maximum absolute atomic E-state index is 11.3. The molecule has 0 unspecified atom stereocenters. The highest BCUT2D eigenvalue weighted by molar-refractivity contribution is 7.70. The summed E-state index contributed by atoms with van der Waals surface area (Å²) in [5, 5.41) is 0. The van der Waals surface area contributed by atoms with Gasteiger partial charge in [-0.1, -0.05) is 0 Å². The molecule has 0 aromatic carbocycles. The van der Waals surface area contributed by atoms with Crippen LogP contribution in [0.5, 0.6) is 0 Å². The van der Waals surface area contributed by atoms with Crippen LogP contribution >= 0.6 is 7.60 Å². The summed E-state index contributed by atoms with van der Waals surface area (Å²) < 4.78 is 43.7. The van der Waals surface area contributed by atoms with E-state index in [0.29, 0.717) is 0 Å². The van der Waals surface area contributed by atoms with Gasteiger partial charge in [0.15, 0.2) is 0 Å². The molecule has 0 radical (unpaired) electrons. The predicted octanol–water partition coefficient (Wildman–Crippen LogP) is 0.643. The lowest BCUT2D eigenvalue weighted by molar-refractivity contribution is -0.148. The van der Waals surface area contributed by atoms with Crippen molar-refractivity contribution in [3.8, 4) is 0 Å². The van der Waals surface area contributed by atoms with Crippen LogP contribution in [-0.2, 0) is 9.36 Å². The normalized spacial score (nSPS) is 13.2. The molecule has 0 spiro atoms. The standard InChI is InChI=1S/C3H4F3O4P/c4-3(5,6)1-2(7)11(8,9)10/h1H2,(H2,8,9,10). The fourth-order valence-corrected chi connectivity index (χ4v) is 0.660. The fourth-order valence-electron chi connectivity index (χ4n) is 0.274. The highest BCUT2D eigenvalue weighted by atomic mass is 31.2. The number of halogens is 3. The molecule has 0 fully saturated rings. The molecular formula is C3H4F3O4P. The number of carbonyl (C=O) groups is 1. The minimum atomic E-state index is -5.21. The zero-order valence-electron chi connectivity index (χ0n) is 5.00. The van der Waals surface area contributed by atoms with Gasteiger partial charge in [0.2, 0.25) is 0 Å². The molecule has 0 aliphatic carbocycles. The quantitative estimate of drug-likeness (QED) is 0.629. The Bertz CT molecular complexity index is 203. The molecule has 11 heavy (non-hydrogen) atoms. The third kappa shape index (κ3) is 4.94. The van der Waals surface area contributed by atoms with E-state index in [1.807, 2.05) is 0 Å². The van der Waals surface area contributed by atoms with Crippen molar-refractivity contribution in [1.82, 2.24) is 0 Å². The maximum Gasteiger partial charge on any atom is 0.396 e. The molecular weight excluding hydrogens is 188 g/mol. The van der Waals surface area contributed by atoms with E-state index in [-0.39, 0.29) is 0 Å². The van der Waals surface area contributed by atoms with Gasteiger partial charge in [0.25, 0.3) is 5.52 Å². The van der Waals surface area contributed by atoms with Crippen LogP contribution in [0.1, 0.15) is 6.42 Å². The Balaban J connectivity index is 4.23. The van der Waals surface area contributed by atoms with E-state index in [9.17, 15) is 22.5 Å².